The van der Waals surface area contributed by atoms with Crippen molar-refractivity contribution in [1.29, 1.82) is 0 Å². The molecule has 1 aliphatic rings. The lowest BCUT2D eigenvalue weighted by atomic mass is 9.77. The van der Waals surface area contributed by atoms with Crippen LogP contribution in [0.25, 0.3) is 0 Å². The molecule has 0 aromatic heterocycles. The third-order valence-electron chi connectivity index (χ3n) is 3.49. The van der Waals surface area contributed by atoms with Gasteiger partial charge in [-0.25, -0.2) is 0 Å². The Balaban J connectivity index is 2.19. The fourth-order valence-corrected chi connectivity index (χ4v) is 1.97. The van der Waals surface area contributed by atoms with Crippen LogP contribution < -0.4 is 11.1 Å². The summed E-state index contributed by atoms with van der Waals surface area (Å²) in [5.74, 6) is 0.114. The zero-order valence-corrected chi connectivity index (χ0v) is 10.2. The number of nitrogens with two attached hydrogens (primary N) is 1. The quantitative estimate of drug-likeness (QED) is 0.683. The van der Waals surface area contributed by atoms with E-state index < -0.39 is 5.54 Å². The van der Waals surface area contributed by atoms with E-state index in [0.717, 1.165) is 36.1 Å². The molecule has 1 fully saturated rings. The predicted octanol–water partition coefficient (Wildman–Crippen LogP) is 1.83. The van der Waals surface area contributed by atoms with Gasteiger partial charge in [0.05, 0.1) is 5.54 Å². The van der Waals surface area contributed by atoms with Gasteiger partial charge in [0.25, 0.3) is 0 Å². The molecule has 4 nitrogen and oxygen atoms in total. The van der Waals surface area contributed by atoms with Gasteiger partial charge in [0.2, 0.25) is 5.91 Å². The SMILES string of the molecule is Cc1cc(NC(=O)C2(N)CCC2)c(C)cc1O. The van der Waals surface area contributed by atoms with Crippen molar-refractivity contribution in [2.45, 2.75) is 38.6 Å². The lowest BCUT2D eigenvalue weighted by Crippen LogP contribution is -2.56. The molecule has 1 amide bonds. The van der Waals surface area contributed by atoms with Crippen LogP contribution in [0.5, 0.6) is 5.75 Å². The zero-order chi connectivity index (χ0) is 12.6. The molecule has 0 radical (unpaired) electrons. The van der Waals surface area contributed by atoms with Gasteiger partial charge in [-0.05, 0) is 56.4 Å². The van der Waals surface area contributed by atoms with Crippen molar-refractivity contribution >= 4 is 11.6 Å². The fourth-order valence-electron chi connectivity index (χ4n) is 1.97. The van der Waals surface area contributed by atoms with Crippen LogP contribution in [0.1, 0.15) is 30.4 Å². The molecule has 1 aliphatic carbocycles. The number of aryl methyl sites for hydroxylation is 2. The minimum absolute atomic E-state index is 0.128. The lowest BCUT2D eigenvalue weighted by Gasteiger charge is -2.36. The Kier molecular flexibility index (Phi) is 2.83. The summed E-state index contributed by atoms with van der Waals surface area (Å²) in [6.45, 7) is 3.64. The Bertz CT molecular complexity index is 465. The maximum Gasteiger partial charge on any atom is 0.244 e. The van der Waals surface area contributed by atoms with Crippen molar-refractivity contribution in [3.05, 3.63) is 23.3 Å². The van der Waals surface area contributed by atoms with E-state index in [0.29, 0.717) is 0 Å². The van der Waals surface area contributed by atoms with Crippen molar-refractivity contribution in [2.75, 3.05) is 5.32 Å². The van der Waals surface area contributed by atoms with Gasteiger partial charge in [0.15, 0.2) is 0 Å². The third-order valence-corrected chi connectivity index (χ3v) is 3.49. The fraction of sp³-hybridized carbons (Fsp3) is 0.462. The minimum atomic E-state index is -0.696. The molecule has 0 aliphatic heterocycles. The van der Waals surface area contributed by atoms with Crippen LogP contribution in [-0.4, -0.2) is 16.6 Å². The second-order valence-corrected chi connectivity index (χ2v) is 4.92. The highest BCUT2D eigenvalue weighted by Gasteiger charge is 2.40. The van der Waals surface area contributed by atoms with Crippen LogP contribution in [0.3, 0.4) is 0 Å². The molecular formula is C13H18N2O2. The molecule has 0 spiro atoms. The lowest BCUT2D eigenvalue weighted by molar-refractivity contribution is -0.123. The van der Waals surface area contributed by atoms with Crippen LogP contribution in [0, 0.1) is 13.8 Å². The van der Waals surface area contributed by atoms with E-state index in [1.807, 2.05) is 6.92 Å². The molecule has 1 aromatic rings. The summed E-state index contributed by atoms with van der Waals surface area (Å²) in [5, 5.41) is 12.4. The molecule has 1 saturated carbocycles. The van der Waals surface area contributed by atoms with Crippen molar-refractivity contribution < 1.29 is 9.90 Å². The van der Waals surface area contributed by atoms with Gasteiger partial charge >= 0.3 is 0 Å². The summed E-state index contributed by atoms with van der Waals surface area (Å²) < 4.78 is 0. The second kappa shape index (κ2) is 4.04. The molecule has 17 heavy (non-hydrogen) atoms. The Morgan fingerprint density at radius 2 is 2.00 bits per heavy atom. The first-order valence-electron chi connectivity index (χ1n) is 5.83. The predicted molar refractivity (Wildman–Crippen MR) is 67.0 cm³/mol. The first-order chi connectivity index (χ1) is 7.92. The number of hydrogen-bond acceptors (Lipinski definition) is 3. The zero-order valence-electron chi connectivity index (χ0n) is 10.2. The summed E-state index contributed by atoms with van der Waals surface area (Å²) in [5.41, 5.74) is 7.56. The molecular weight excluding hydrogens is 216 g/mol. The number of anilines is 1. The number of benzene rings is 1. The van der Waals surface area contributed by atoms with E-state index in [-0.39, 0.29) is 11.7 Å². The first-order valence-corrected chi connectivity index (χ1v) is 5.83. The molecule has 0 saturated heterocycles. The van der Waals surface area contributed by atoms with Crippen molar-refractivity contribution in [1.82, 2.24) is 0 Å². The van der Waals surface area contributed by atoms with E-state index in [9.17, 15) is 9.90 Å². The number of phenolic OH excluding ortho intramolecular Hbond substituents is 1. The maximum atomic E-state index is 12.0. The highest BCUT2D eigenvalue weighted by atomic mass is 16.3. The van der Waals surface area contributed by atoms with Gasteiger partial charge < -0.3 is 16.2 Å². The number of amides is 1. The summed E-state index contributed by atoms with van der Waals surface area (Å²) in [7, 11) is 0. The van der Waals surface area contributed by atoms with Crippen LogP contribution in [0.4, 0.5) is 5.69 Å². The number of aromatic hydroxyl groups is 1. The summed E-state index contributed by atoms with van der Waals surface area (Å²) in [6, 6.07) is 3.42. The Morgan fingerprint density at radius 3 is 2.53 bits per heavy atom. The Labute approximate surface area is 101 Å². The van der Waals surface area contributed by atoms with Gasteiger partial charge in [-0.15, -0.1) is 0 Å². The number of hydrogen-bond donors (Lipinski definition) is 3. The Hall–Kier alpha value is -1.55. The van der Waals surface area contributed by atoms with Gasteiger partial charge in [-0.2, -0.15) is 0 Å². The average Bonchev–Trinajstić information content (AvgIpc) is 2.22. The van der Waals surface area contributed by atoms with Gasteiger partial charge in [-0.1, -0.05) is 0 Å². The number of carbonyl (C=O) groups excluding carboxylic acids is 1. The molecule has 92 valence electrons. The molecule has 2 rings (SSSR count). The van der Waals surface area contributed by atoms with E-state index in [1.165, 1.54) is 0 Å². The minimum Gasteiger partial charge on any atom is -0.508 e. The van der Waals surface area contributed by atoms with Crippen LogP contribution in [-0.2, 0) is 4.79 Å². The van der Waals surface area contributed by atoms with Crippen LogP contribution in [0.2, 0.25) is 0 Å². The van der Waals surface area contributed by atoms with Crippen molar-refractivity contribution in [3.63, 3.8) is 0 Å². The third kappa shape index (κ3) is 2.13. The van der Waals surface area contributed by atoms with Gasteiger partial charge in [0.1, 0.15) is 5.75 Å². The molecule has 0 bridgehead atoms. The topological polar surface area (TPSA) is 75.4 Å². The van der Waals surface area contributed by atoms with E-state index >= 15 is 0 Å². The van der Waals surface area contributed by atoms with E-state index in [2.05, 4.69) is 5.32 Å². The standard InChI is InChI=1S/C13H18N2O2/c1-8-7-11(16)9(2)6-10(8)15-12(17)13(14)4-3-5-13/h6-7,16H,3-5,14H2,1-2H3,(H,15,17). The normalized spacial score (nSPS) is 17.4. The monoisotopic (exact) mass is 234 g/mol. The summed E-state index contributed by atoms with van der Waals surface area (Å²) >= 11 is 0. The molecule has 4 heteroatoms. The van der Waals surface area contributed by atoms with E-state index in [1.54, 1.807) is 19.1 Å². The molecule has 1 aromatic carbocycles. The Morgan fingerprint density at radius 1 is 1.35 bits per heavy atom. The number of nitrogens with one attached hydrogen (secondary N) is 1. The van der Waals surface area contributed by atoms with E-state index in [4.69, 9.17) is 5.73 Å². The largest absolute Gasteiger partial charge is 0.508 e. The molecule has 0 atom stereocenters. The van der Waals surface area contributed by atoms with Crippen molar-refractivity contribution in [3.8, 4) is 5.75 Å². The highest BCUT2D eigenvalue weighted by molar-refractivity contribution is 5.99. The molecule has 4 N–H and O–H groups in total. The summed E-state index contributed by atoms with van der Waals surface area (Å²) in [4.78, 5) is 12.0. The van der Waals surface area contributed by atoms with Crippen molar-refractivity contribution in [2.24, 2.45) is 5.73 Å². The van der Waals surface area contributed by atoms with Crippen LogP contribution >= 0.6 is 0 Å². The number of phenols is 1. The van der Waals surface area contributed by atoms with Gasteiger partial charge in [0, 0.05) is 5.69 Å². The maximum absolute atomic E-state index is 12.0. The first kappa shape index (κ1) is 11.9. The van der Waals surface area contributed by atoms with Gasteiger partial charge in [-0.3, -0.25) is 4.79 Å². The smallest absolute Gasteiger partial charge is 0.244 e. The second-order valence-electron chi connectivity index (χ2n) is 4.92. The summed E-state index contributed by atoms with van der Waals surface area (Å²) in [6.07, 6.45) is 2.50. The average molecular weight is 234 g/mol. The van der Waals surface area contributed by atoms with Crippen LogP contribution in [0.15, 0.2) is 12.1 Å². The highest BCUT2D eigenvalue weighted by Crippen LogP contribution is 2.31. The molecule has 0 heterocycles. The number of carbonyl (C=O) groups is 1. The number of rotatable bonds is 2. The molecule has 0 unspecified atom stereocenters.